The molecule has 0 spiro atoms. The van der Waals surface area contributed by atoms with Gasteiger partial charge >= 0.3 is 0 Å². The van der Waals surface area contributed by atoms with Crippen LogP contribution in [0.15, 0.2) is 33.7 Å². The number of nitrogens with one attached hydrogen (secondary N) is 1. The van der Waals surface area contributed by atoms with Crippen LogP contribution in [0.5, 0.6) is 0 Å². The third-order valence-electron chi connectivity index (χ3n) is 2.83. The number of halogens is 2. The highest BCUT2D eigenvalue weighted by Crippen LogP contribution is 2.15. The number of carbonyl (C=O) groups excluding carboxylic acids is 1. The smallest absolute Gasteiger partial charge is 0.246 e. The molecule has 1 aromatic carbocycles. The van der Waals surface area contributed by atoms with E-state index in [1.165, 1.54) is 0 Å². The zero-order chi connectivity index (χ0) is 14.4. The van der Waals surface area contributed by atoms with Crippen molar-refractivity contribution in [2.45, 2.75) is 0 Å². The number of nitrogens with zero attached hydrogens (tertiary/aromatic N) is 2. The summed E-state index contributed by atoms with van der Waals surface area (Å²) >= 11 is 3.35. The molecule has 0 radical (unpaired) electrons. The standard InChI is InChI=1S/C13H17BrN4O2.HI/c14-10-2-1-3-11(8-10)17-12(19)9-16-13(15)18-4-6-20-7-5-18;/h1-3,8H,4-7,9H2,(H2,15,16)(H,17,19);1H. The molecule has 1 aliphatic rings. The average Bonchev–Trinajstić information content (AvgIpc) is 2.46. The van der Waals surface area contributed by atoms with Gasteiger partial charge < -0.3 is 20.7 Å². The number of ether oxygens (including phenoxy) is 1. The molecule has 1 saturated heterocycles. The van der Waals surface area contributed by atoms with Crippen LogP contribution in [0.1, 0.15) is 0 Å². The molecule has 1 fully saturated rings. The molecule has 1 heterocycles. The van der Waals surface area contributed by atoms with Crippen molar-refractivity contribution >= 4 is 57.5 Å². The molecule has 0 saturated carbocycles. The number of carbonyl (C=O) groups is 1. The van der Waals surface area contributed by atoms with Crippen molar-refractivity contribution in [2.24, 2.45) is 10.7 Å². The fourth-order valence-corrected chi connectivity index (χ4v) is 2.21. The Morgan fingerprint density at radius 2 is 2.14 bits per heavy atom. The fourth-order valence-electron chi connectivity index (χ4n) is 1.81. The van der Waals surface area contributed by atoms with Gasteiger partial charge in [0.05, 0.1) is 13.2 Å². The Bertz CT molecular complexity index is 507. The van der Waals surface area contributed by atoms with E-state index in [1.54, 1.807) is 0 Å². The van der Waals surface area contributed by atoms with E-state index in [0.29, 0.717) is 32.3 Å². The molecule has 6 nitrogen and oxygen atoms in total. The predicted octanol–water partition coefficient (Wildman–Crippen LogP) is 1.65. The van der Waals surface area contributed by atoms with E-state index in [1.807, 2.05) is 29.2 Å². The normalized spacial score (nSPS) is 15.3. The molecule has 0 aliphatic carbocycles. The van der Waals surface area contributed by atoms with Gasteiger partial charge in [-0.05, 0) is 18.2 Å². The average molecular weight is 469 g/mol. The van der Waals surface area contributed by atoms with E-state index >= 15 is 0 Å². The fraction of sp³-hybridized carbons (Fsp3) is 0.385. The van der Waals surface area contributed by atoms with Crippen LogP contribution in [0.2, 0.25) is 0 Å². The van der Waals surface area contributed by atoms with Crippen LogP contribution < -0.4 is 11.1 Å². The van der Waals surface area contributed by atoms with Crippen molar-refractivity contribution in [2.75, 3.05) is 38.2 Å². The van der Waals surface area contributed by atoms with Crippen molar-refractivity contribution in [3.8, 4) is 0 Å². The second-order valence-electron chi connectivity index (χ2n) is 4.33. The predicted molar refractivity (Wildman–Crippen MR) is 97.1 cm³/mol. The molecule has 0 unspecified atom stereocenters. The van der Waals surface area contributed by atoms with E-state index in [-0.39, 0.29) is 36.4 Å². The highest BCUT2D eigenvalue weighted by molar-refractivity contribution is 14.0. The molecule has 116 valence electrons. The number of hydrogen-bond acceptors (Lipinski definition) is 3. The summed E-state index contributed by atoms with van der Waals surface area (Å²) in [4.78, 5) is 17.8. The lowest BCUT2D eigenvalue weighted by Crippen LogP contribution is -2.45. The van der Waals surface area contributed by atoms with Crippen molar-refractivity contribution in [1.82, 2.24) is 4.90 Å². The monoisotopic (exact) mass is 468 g/mol. The summed E-state index contributed by atoms with van der Waals surface area (Å²) < 4.78 is 6.14. The largest absolute Gasteiger partial charge is 0.378 e. The Labute approximate surface area is 149 Å². The van der Waals surface area contributed by atoms with E-state index in [2.05, 4.69) is 26.2 Å². The SMILES string of the molecule is I.NC(=NCC(=O)Nc1cccc(Br)c1)N1CCOCC1. The molecule has 1 aliphatic heterocycles. The Morgan fingerprint density at radius 1 is 1.43 bits per heavy atom. The lowest BCUT2D eigenvalue weighted by Gasteiger charge is -2.27. The van der Waals surface area contributed by atoms with E-state index in [4.69, 9.17) is 10.5 Å². The summed E-state index contributed by atoms with van der Waals surface area (Å²) in [6, 6.07) is 7.39. The van der Waals surface area contributed by atoms with Crippen LogP contribution in [0, 0.1) is 0 Å². The number of anilines is 1. The second kappa shape index (κ2) is 9.21. The number of amides is 1. The quantitative estimate of drug-likeness (QED) is 0.401. The van der Waals surface area contributed by atoms with Gasteiger partial charge in [0.15, 0.2) is 5.96 Å². The lowest BCUT2D eigenvalue weighted by atomic mass is 10.3. The minimum atomic E-state index is -0.195. The maximum absolute atomic E-state index is 11.8. The molecule has 21 heavy (non-hydrogen) atoms. The molecular formula is C13H18BrIN4O2. The topological polar surface area (TPSA) is 79.9 Å². The Kier molecular flexibility index (Phi) is 7.97. The highest BCUT2D eigenvalue weighted by atomic mass is 127. The van der Waals surface area contributed by atoms with Gasteiger partial charge in [0.1, 0.15) is 6.54 Å². The molecule has 0 bridgehead atoms. The molecule has 1 amide bonds. The summed E-state index contributed by atoms with van der Waals surface area (Å²) in [6.45, 7) is 2.71. The third kappa shape index (κ3) is 6.18. The van der Waals surface area contributed by atoms with Gasteiger partial charge in [0.25, 0.3) is 0 Å². The first-order valence-corrected chi connectivity index (χ1v) is 7.12. The number of rotatable bonds is 3. The van der Waals surface area contributed by atoms with Crippen molar-refractivity contribution in [3.05, 3.63) is 28.7 Å². The summed E-state index contributed by atoms with van der Waals surface area (Å²) in [5.41, 5.74) is 6.57. The third-order valence-corrected chi connectivity index (χ3v) is 3.32. The van der Waals surface area contributed by atoms with Gasteiger partial charge in [0, 0.05) is 23.2 Å². The number of guanidine groups is 1. The van der Waals surface area contributed by atoms with Crippen LogP contribution in [0.3, 0.4) is 0 Å². The Morgan fingerprint density at radius 3 is 2.81 bits per heavy atom. The van der Waals surface area contributed by atoms with Crippen LogP contribution in [0.25, 0.3) is 0 Å². The van der Waals surface area contributed by atoms with E-state index in [0.717, 1.165) is 10.2 Å². The van der Waals surface area contributed by atoms with Crippen LogP contribution >= 0.6 is 39.9 Å². The van der Waals surface area contributed by atoms with Crippen molar-refractivity contribution < 1.29 is 9.53 Å². The van der Waals surface area contributed by atoms with Crippen molar-refractivity contribution in [3.63, 3.8) is 0 Å². The number of aliphatic imine (C=N–C) groups is 1. The minimum Gasteiger partial charge on any atom is -0.378 e. The molecule has 2 rings (SSSR count). The minimum absolute atomic E-state index is 0. The van der Waals surface area contributed by atoms with Gasteiger partial charge in [-0.15, -0.1) is 24.0 Å². The van der Waals surface area contributed by atoms with Crippen LogP contribution in [0.4, 0.5) is 5.69 Å². The van der Waals surface area contributed by atoms with Gasteiger partial charge in [0.2, 0.25) is 5.91 Å². The molecule has 0 aromatic heterocycles. The van der Waals surface area contributed by atoms with Gasteiger partial charge in [-0.25, -0.2) is 4.99 Å². The maximum Gasteiger partial charge on any atom is 0.246 e. The number of morpholine rings is 1. The number of nitrogens with two attached hydrogens (primary N) is 1. The van der Waals surface area contributed by atoms with E-state index in [9.17, 15) is 4.79 Å². The highest BCUT2D eigenvalue weighted by Gasteiger charge is 2.12. The number of benzene rings is 1. The summed E-state index contributed by atoms with van der Waals surface area (Å²) in [6.07, 6.45) is 0. The summed E-state index contributed by atoms with van der Waals surface area (Å²) in [5, 5.41) is 2.77. The summed E-state index contributed by atoms with van der Waals surface area (Å²) in [7, 11) is 0. The first kappa shape index (κ1) is 18.2. The van der Waals surface area contributed by atoms with E-state index < -0.39 is 0 Å². The molecule has 3 N–H and O–H groups in total. The number of hydrogen-bond donors (Lipinski definition) is 2. The molecular weight excluding hydrogens is 451 g/mol. The first-order chi connectivity index (χ1) is 9.65. The summed E-state index contributed by atoms with van der Waals surface area (Å²) in [5.74, 6) is 0.192. The lowest BCUT2D eigenvalue weighted by molar-refractivity contribution is -0.114. The molecule has 0 atom stereocenters. The van der Waals surface area contributed by atoms with Crippen LogP contribution in [-0.4, -0.2) is 49.6 Å². The molecule has 8 heteroatoms. The Balaban J connectivity index is 0.00000220. The van der Waals surface area contributed by atoms with Crippen molar-refractivity contribution in [1.29, 1.82) is 0 Å². The van der Waals surface area contributed by atoms with Gasteiger partial charge in [-0.1, -0.05) is 22.0 Å². The zero-order valence-corrected chi connectivity index (χ0v) is 15.3. The van der Waals surface area contributed by atoms with Crippen LogP contribution in [-0.2, 0) is 9.53 Å². The first-order valence-electron chi connectivity index (χ1n) is 6.33. The zero-order valence-electron chi connectivity index (χ0n) is 11.4. The maximum atomic E-state index is 11.8. The Hall–Kier alpha value is -0.870. The van der Waals surface area contributed by atoms with Gasteiger partial charge in [-0.2, -0.15) is 0 Å². The molecule has 1 aromatic rings. The second-order valence-corrected chi connectivity index (χ2v) is 5.25. The van der Waals surface area contributed by atoms with Gasteiger partial charge in [-0.3, -0.25) is 4.79 Å².